The molecule has 1 atom stereocenters. The number of benzene rings is 2. The van der Waals surface area contributed by atoms with Crippen molar-refractivity contribution in [1.29, 1.82) is 0 Å². The molecule has 0 amide bonds. The number of nitro benzene ring substituents is 1. The first-order valence-corrected chi connectivity index (χ1v) is 13.3. The number of Topliss-reactive ketones (excluding diaryl/α,β-unsaturated/α-hetero) is 1. The van der Waals surface area contributed by atoms with Crippen LogP contribution < -0.4 is 10.6 Å². The molecule has 0 N–H and O–H groups in total. The molecule has 30 heavy (non-hydrogen) atoms. The maximum Gasteiger partial charge on any atom is 0.269 e. The molecule has 1 heterocycles. The van der Waals surface area contributed by atoms with Crippen LogP contribution in [0.5, 0.6) is 0 Å². The Morgan fingerprint density at radius 2 is 1.83 bits per heavy atom. The van der Waals surface area contributed by atoms with E-state index in [1.807, 2.05) is 12.1 Å². The summed E-state index contributed by atoms with van der Waals surface area (Å²) >= 11 is 6.77. The van der Waals surface area contributed by atoms with E-state index in [9.17, 15) is 14.9 Å². The van der Waals surface area contributed by atoms with Gasteiger partial charge in [0.2, 0.25) is 0 Å². The second-order valence-corrected chi connectivity index (χ2v) is 12.8. The SMILES string of the molecule is CC(C)CCCCCc1ccc([P+]2(c3ccc([N+](=O)[O-])cc3)CCC(=O)C2)c(Cl)c1. The van der Waals surface area contributed by atoms with Crippen LogP contribution in [0.15, 0.2) is 42.5 Å². The summed E-state index contributed by atoms with van der Waals surface area (Å²) < 4.78 is 0. The number of halogens is 1. The third-order valence-corrected chi connectivity index (χ3v) is 10.9. The van der Waals surface area contributed by atoms with Crippen molar-refractivity contribution in [2.45, 2.75) is 52.4 Å². The largest absolute Gasteiger partial charge is 0.295 e. The van der Waals surface area contributed by atoms with Gasteiger partial charge in [-0.15, -0.1) is 0 Å². The Hall–Kier alpha value is -1.77. The Labute approximate surface area is 184 Å². The maximum atomic E-state index is 12.3. The van der Waals surface area contributed by atoms with Crippen LogP contribution in [-0.4, -0.2) is 23.0 Å². The van der Waals surface area contributed by atoms with Gasteiger partial charge in [-0.1, -0.05) is 50.8 Å². The number of hydrogen-bond acceptors (Lipinski definition) is 3. The summed E-state index contributed by atoms with van der Waals surface area (Å²) in [5.41, 5.74) is 1.31. The predicted molar refractivity (Wildman–Crippen MR) is 127 cm³/mol. The molecule has 0 aliphatic carbocycles. The highest BCUT2D eigenvalue weighted by molar-refractivity contribution is 7.90. The molecule has 2 aromatic carbocycles. The highest BCUT2D eigenvalue weighted by Gasteiger charge is 2.50. The Morgan fingerprint density at radius 1 is 1.10 bits per heavy atom. The average molecular weight is 447 g/mol. The summed E-state index contributed by atoms with van der Waals surface area (Å²) in [6.07, 6.45) is 7.78. The van der Waals surface area contributed by atoms with E-state index in [0.29, 0.717) is 12.6 Å². The maximum absolute atomic E-state index is 12.3. The zero-order valence-electron chi connectivity index (χ0n) is 17.8. The van der Waals surface area contributed by atoms with E-state index in [1.165, 1.54) is 24.8 Å². The lowest BCUT2D eigenvalue weighted by atomic mass is 10.0. The smallest absolute Gasteiger partial charge is 0.269 e. The molecule has 3 rings (SSSR count). The molecule has 0 bridgehead atoms. The van der Waals surface area contributed by atoms with Crippen molar-refractivity contribution in [2.24, 2.45) is 5.92 Å². The Bertz CT molecular complexity index is 913. The van der Waals surface area contributed by atoms with Gasteiger partial charge in [-0.2, -0.15) is 0 Å². The molecule has 0 spiro atoms. The van der Waals surface area contributed by atoms with Crippen molar-refractivity contribution < 1.29 is 9.72 Å². The lowest BCUT2D eigenvalue weighted by molar-refractivity contribution is -0.384. The van der Waals surface area contributed by atoms with Crippen LogP contribution in [0.3, 0.4) is 0 Å². The summed E-state index contributed by atoms with van der Waals surface area (Å²) in [5, 5.41) is 13.9. The van der Waals surface area contributed by atoms with E-state index in [0.717, 1.165) is 40.6 Å². The first-order chi connectivity index (χ1) is 14.3. The zero-order chi connectivity index (χ0) is 21.7. The molecule has 1 fully saturated rings. The summed E-state index contributed by atoms with van der Waals surface area (Å²) in [4.78, 5) is 22.9. The Balaban J connectivity index is 1.81. The Morgan fingerprint density at radius 3 is 2.40 bits per heavy atom. The number of carbonyl (C=O) groups excluding carboxylic acids is 1. The molecule has 1 aliphatic heterocycles. The van der Waals surface area contributed by atoms with Gasteiger partial charge in [-0.05, 0) is 48.6 Å². The molecule has 1 unspecified atom stereocenters. The molecule has 0 aromatic heterocycles. The predicted octanol–water partition coefficient (Wildman–Crippen LogP) is 5.95. The van der Waals surface area contributed by atoms with E-state index in [-0.39, 0.29) is 11.5 Å². The van der Waals surface area contributed by atoms with Gasteiger partial charge in [-0.3, -0.25) is 14.9 Å². The fourth-order valence-corrected chi connectivity index (χ4v) is 9.23. The summed E-state index contributed by atoms with van der Waals surface area (Å²) in [7, 11) is -1.97. The summed E-state index contributed by atoms with van der Waals surface area (Å²) in [6.45, 7) is 4.52. The molecule has 0 radical (unpaired) electrons. The number of carbonyl (C=O) groups is 1. The summed E-state index contributed by atoms with van der Waals surface area (Å²) in [5.74, 6) is 1.01. The minimum absolute atomic E-state index is 0.0707. The van der Waals surface area contributed by atoms with Gasteiger partial charge in [0.05, 0.1) is 23.4 Å². The number of nitrogens with zero attached hydrogens (tertiary/aromatic N) is 1. The van der Waals surface area contributed by atoms with Gasteiger partial charge in [-0.25, -0.2) is 0 Å². The van der Waals surface area contributed by atoms with E-state index >= 15 is 0 Å². The number of aryl methyl sites for hydroxylation is 1. The molecule has 6 heteroatoms. The second-order valence-electron chi connectivity index (χ2n) is 8.69. The highest BCUT2D eigenvalue weighted by Crippen LogP contribution is 2.61. The van der Waals surface area contributed by atoms with Crippen molar-refractivity contribution >= 4 is 40.9 Å². The molecular formula is C24H30ClNO3P+. The number of rotatable bonds is 9. The van der Waals surface area contributed by atoms with Crippen LogP contribution in [0.1, 0.15) is 51.5 Å². The van der Waals surface area contributed by atoms with Crippen LogP contribution in [0.2, 0.25) is 5.02 Å². The van der Waals surface area contributed by atoms with Crippen molar-refractivity contribution in [3.63, 3.8) is 0 Å². The zero-order valence-corrected chi connectivity index (χ0v) is 19.4. The van der Waals surface area contributed by atoms with Crippen LogP contribution in [0.25, 0.3) is 0 Å². The van der Waals surface area contributed by atoms with Crippen LogP contribution >= 0.6 is 18.9 Å². The van der Waals surface area contributed by atoms with Gasteiger partial charge >= 0.3 is 0 Å². The van der Waals surface area contributed by atoms with E-state index in [1.54, 1.807) is 12.1 Å². The number of unbranched alkanes of at least 4 members (excludes halogenated alkanes) is 2. The minimum Gasteiger partial charge on any atom is -0.295 e. The lowest BCUT2D eigenvalue weighted by Gasteiger charge is -2.22. The standard InChI is InChI=1S/C24H30ClNO3P/c1-18(2)6-4-3-5-7-19-8-13-24(23(25)16-19)30(15-14-21(27)17-30)22-11-9-20(10-12-22)26(28)29/h8-13,16,18H,3-7,14-15,17H2,1-2H3/q+1. The summed E-state index contributed by atoms with van der Waals surface area (Å²) in [6, 6.07) is 13.1. The molecular weight excluding hydrogens is 417 g/mol. The van der Waals surface area contributed by atoms with Crippen LogP contribution in [0, 0.1) is 16.0 Å². The quantitative estimate of drug-likeness (QED) is 0.207. The van der Waals surface area contributed by atoms with Gasteiger partial charge in [0.15, 0.2) is 5.78 Å². The average Bonchev–Trinajstić information content (AvgIpc) is 3.10. The number of hydrogen-bond donors (Lipinski definition) is 0. The number of nitro groups is 1. The first kappa shape index (κ1) is 22.9. The fraction of sp³-hybridized carbons (Fsp3) is 0.458. The fourth-order valence-electron chi connectivity index (χ4n) is 4.31. The normalized spacial score (nSPS) is 18.9. The lowest BCUT2D eigenvalue weighted by Crippen LogP contribution is -2.25. The molecule has 4 nitrogen and oxygen atoms in total. The van der Waals surface area contributed by atoms with Gasteiger partial charge in [0, 0.05) is 18.6 Å². The molecule has 1 aliphatic rings. The van der Waals surface area contributed by atoms with Crippen LogP contribution in [-0.2, 0) is 11.2 Å². The third-order valence-electron chi connectivity index (χ3n) is 5.99. The molecule has 2 aromatic rings. The molecule has 0 saturated carbocycles. The van der Waals surface area contributed by atoms with E-state index < -0.39 is 12.2 Å². The van der Waals surface area contributed by atoms with E-state index in [4.69, 9.17) is 11.6 Å². The van der Waals surface area contributed by atoms with E-state index in [2.05, 4.69) is 32.0 Å². The number of ketones is 1. The van der Waals surface area contributed by atoms with Crippen molar-refractivity contribution in [2.75, 3.05) is 12.3 Å². The minimum atomic E-state index is -1.97. The van der Waals surface area contributed by atoms with Gasteiger partial charge in [0.1, 0.15) is 16.8 Å². The van der Waals surface area contributed by atoms with Gasteiger partial charge in [0.25, 0.3) is 5.69 Å². The topological polar surface area (TPSA) is 60.2 Å². The van der Waals surface area contributed by atoms with Gasteiger partial charge < -0.3 is 0 Å². The Kier molecular flexibility index (Phi) is 7.65. The highest BCUT2D eigenvalue weighted by atomic mass is 35.5. The third kappa shape index (κ3) is 5.28. The van der Waals surface area contributed by atoms with Crippen molar-refractivity contribution in [3.8, 4) is 0 Å². The number of non-ortho nitro benzene ring substituents is 1. The van der Waals surface area contributed by atoms with Crippen molar-refractivity contribution in [3.05, 3.63) is 63.2 Å². The molecule has 160 valence electrons. The van der Waals surface area contributed by atoms with Crippen LogP contribution in [0.4, 0.5) is 5.69 Å². The monoisotopic (exact) mass is 446 g/mol. The molecule has 1 saturated heterocycles. The van der Waals surface area contributed by atoms with Crippen molar-refractivity contribution in [1.82, 2.24) is 0 Å². The first-order valence-electron chi connectivity index (χ1n) is 10.7. The second kappa shape index (κ2) is 10.0.